The van der Waals surface area contributed by atoms with E-state index in [-0.39, 0.29) is 17.3 Å². The normalized spacial score (nSPS) is 12.0. The van der Waals surface area contributed by atoms with Crippen LogP contribution in [0.2, 0.25) is 0 Å². The van der Waals surface area contributed by atoms with Gasteiger partial charge in [-0.3, -0.25) is 9.48 Å². The molecule has 2 rings (SSSR count). The molecule has 0 radical (unpaired) electrons. The van der Waals surface area contributed by atoms with Crippen molar-refractivity contribution in [2.75, 3.05) is 0 Å². The summed E-state index contributed by atoms with van der Waals surface area (Å²) in [6.45, 7) is 4.05. The van der Waals surface area contributed by atoms with Crippen molar-refractivity contribution < 1.29 is 13.6 Å². The van der Waals surface area contributed by atoms with E-state index in [2.05, 4.69) is 10.4 Å². The first-order valence-corrected chi connectivity index (χ1v) is 7.70. The maximum absolute atomic E-state index is 13.8. The van der Waals surface area contributed by atoms with Crippen LogP contribution >= 0.6 is 0 Å². The highest BCUT2D eigenvalue weighted by atomic mass is 19.1. The van der Waals surface area contributed by atoms with E-state index in [1.54, 1.807) is 23.0 Å². The molecule has 0 aliphatic rings. The minimum atomic E-state index is -1.23. The van der Waals surface area contributed by atoms with Crippen LogP contribution in [0.15, 0.2) is 30.5 Å². The third kappa shape index (κ3) is 3.77. The Morgan fingerprint density at radius 1 is 1.33 bits per heavy atom. The maximum Gasteiger partial charge on any atom is 0.273 e. The molecule has 0 aliphatic heterocycles. The van der Waals surface area contributed by atoms with E-state index >= 15 is 0 Å². The van der Waals surface area contributed by atoms with Crippen LogP contribution in [0.1, 0.15) is 54.8 Å². The van der Waals surface area contributed by atoms with Gasteiger partial charge in [-0.1, -0.05) is 19.9 Å². The van der Waals surface area contributed by atoms with E-state index in [1.165, 1.54) is 0 Å². The van der Waals surface area contributed by atoms with Gasteiger partial charge in [-0.05, 0) is 25.0 Å². The zero-order valence-electron chi connectivity index (χ0n) is 13.5. The summed E-state index contributed by atoms with van der Waals surface area (Å²) < 4.78 is 28.4. The average Bonchev–Trinajstić information content (AvgIpc) is 3.04. The van der Waals surface area contributed by atoms with Gasteiger partial charge in [0.1, 0.15) is 23.4 Å². The van der Waals surface area contributed by atoms with Crippen LogP contribution < -0.4 is 5.32 Å². The predicted octanol–water partition coefficient (Wildman–Crippen LogP) is 3.52. The summed E-state index contributed by atoms with van der Waals surface area (Å²) in [5, 5.41) is 15.8. The van der Waals surface area contributed by atoms with Crippen LogP contribution in [0.4, 0.5) is 8.78 Å². The van der Waals surface area contributed by atoms with Crippen LogP contribution in [0, 0.1) is 23.0 Å². The summed E-state index contributed by atoms with van der Waals surface area (Å²) >= 11 is 0. The number of nitriles is 1. The molecule has 1 heterocycles. The molecule has 0 saturated heterocycles. The first-order chi connectivity index (χ1) is 11.5. The molecule has 0 aliphatic carbocycles. The quantitative estimate of drug-likeness (QED) is 0.880. The van der Waals surface area contributed by atoms with Crippen LogP contribution in [0.3, 0.4) is 0 Å². The fourth-order valence-corrected chi connectivity index (χ4v) is 2.45. The maximum atomic E-state index is 13.8. The summed E-state index contributed by atoms with van der Waals surface area (Å²) in [6, 6.07) is 5.16. The van der Waals surface area contributed by atoms with Gasteiger partial charge < -0.3 is 5.32 Å². The van der Waals surface area contributed by atoms with E-state index in [9.17, 15) is 18.8 Å². The molecule has 1 aromatic heterocycles. The summed E-state index contributed by atoms with van der Waals surface area (Å²) in [7, 11) is 0. The number of nitrogens with one attached hydrogen (secondary N) is 1. The molecule has 0 unspecified atom stereocenters. The number of benzene rings is 1. The number of hydrogen-bond acceptors (Lipinski definition) is 3. The van der Waals surface area contributed by atoms with Gasteiger partial charge in [0.25, 0.3) is 5.91 Å². The lowest BCUT2D eigenvalue weighted by atomic mass is 10.1. The topological polar surface area (TPSA) is 70.7 Å². The number of amides is 1. The highest BCUT2D eigenvalue weighted by molar-refractivity contribution is 5.92. The Morgan fingerprint density at radius 3 is 2.62 bits per heavy atom. The zero-order chi connectivity index (χ0) is 17.7. The Hall–Kier alpha value is -2.75. The van der Waals surface area contributed by atoms with Crippen molar-refractivity contribution in [2.45, 2.75) is 38.8 Å². The van der Waals surface area contributed by atoms with E-state index in [0.29, 0.717) is 6.07 Å². The highest BCUT2D eigenvalue weighted by Crippen LogP contribution is 2.19. The molecule has 0 saturated carbocycles. The number of carbonyl (C=O) groups is 1. The Labute approximate surface area is 138 Å². The van der Waals surface area contributed by atoms with Crippen molar-refractivity contribution in [3.8, 4) is 6.07 Å². The molecule has 0 fully saturated rings. The van der Waals surface area contributed by atoms with Crippen molar-refractivity contribution >= 4 is 5.91 Å². The number of carbonyl (C=O) groups excluding carboxylic acids is 1. The molecule has 1 aromatic carbocycles. The fourth-order valence-electron chi connectivity index (χ4n) is 2.45. The molecular weight excluding hydrogens is 314 g/mol. The smallest absolute Gasteiger partial charge is 0.273 e. The SMILES string of the molecule is CCC(CC)n1ccc(C(=O)N[C@H](C#N)c2ccc(F)cc2F)n1. The second kappa shape index (κ2) is 7.68. The summed E-state index contributed by atoms with van der Waals surface area (Å²) in [5.74, 6) is -2.22. The lowest BCUT2D eigenvalue weighted by Gasteiger charge is -2.13. The van der Waals surface area contributed by atoms with Crippen molar-refractivity contribution in [3.05, 3.63) is 53.4 Å². The van der Waals surface area contributed by atoms with Gasteiger partial charge in [0.15, 0.2) is 0 Å². The number of hydrogen-bond donors (Lipinski definition) is 1. The van der Waals surface area contributed by atoms with E-state index < -0.39 is 23.6 Å². The molecule has 7 heteroatoms. The first-order valence-electron chi connectivity index (χ1n) is 7.70. The minimum Gasteiger partial charge on any atom is -0.331 e. The lowest BCUT2D eigenvalue weighted by molar-refractivity contribution is 0.0938. The Bertz CT molecular complexity index is 762. The van der Waals surface area contributed by atoms with Gasteiger partial charge in [-0.2, -0.15) is 10.4 Å². The molecule has 1 atom stereocenters. The van der Waals surface area contributed by atoms with Gasteiger partial charge >= 0.3 is 0 Å². The third-order valence-electron chi connectivity index (χ3n) is 3.84. The van der Waals surface area contributed by atoms with Gasteiger partial charge in [0.2, 0.25) is 0 Å². The van der Waals surface area contributed by atoms with Crippen LogP contribution in [-0.4, -0.2) is 15.7 Å². The number of aromatic nitrogens is 2. The molecule has 5 nitrogen and oxygen atoms in total. The summed E-state index contributed by atoms with van der Waals surface area (Å²) in [4.78, 5) is 12.2. The molecule has 126 valence electrons. The fraction of sp³-hybridized carbons (Fsp3) is 0.353. The largest absolute Gasteiger partial charge is 0.331 e. The zero-order valence-corrected chi connectivity index (χ0v) is 13.5. The Kier molecular flexibility index (Phi) is 5.64. The van der Waals surface area contributed by atoms with E-state index in [0.717, 1.165) is 25.0 Å². The highest BCUT2D eigenvalue weighted by Gasteiger charge is 2.21. The standard InChI is InChI=1S/C17H18F2N4O/c1-3-12(4-2)23-8-7-15(22-23)17(24)21-16(10-20)13-6-5-11(18)9-14(13)19/h5-9,12,16H,3-4H2,1-2H3,(H,21,24)/t16-/m1/s1. The van der Waals surface area contributed by atoms with Crippen molar-refractivity contribution in [3.63, 3.8) is 0 Å². The van der Waals surface area contributed by atoms with Crippen molar-refractivity contribution in [1.82, 2.24) is 15.1 Å². The number of nitrogens with zero attached hydrogens (tertiary/aromatic N) is 3. The monoisotopic (exact) mass is 332 g/mol. The van der Waals surface area contributed by atoms with E-state index in [1.807, 2.05) is 13.8 Å². The second-order valence-electron chi connectivity index (χ2n) is 5.35. The van der Waals surface area contributed by atoms with Gasteiger partial charge in [-0.25, -0.2) is 8.78 Å². The van der Waals surface area contributed by atoms with Crippen molar-refractivity contribution in [1.29, 1.82) is 5.26 Å². The minimum absolute atomic E-state index is 0.0910. The van der Waals surface area contributed by atoms with Crippen molar-refractivity contribution in [2.24, 2.45) is 0 Å². The van der Waals surface area contributed by atoms with Gasteiger partial charge in [0.05, 0.1) is 12.1 Å². The van der Waals surface area contributed by atoms with Crippen LogP contribution in [-0.2, 0) is 0 Å². The molecule has 1 amide bonds. The Balaban J connectivity index is 2.17. The van der Waals surface area contributed by atoms with Gasteiger partial charge in [0, 0.05) is 17.8 Å². The van der Waals surface area contributed by atoms with Gasteiger partial charge in [-0.15, -0.1) is 0 Å². The molecular formula is C17H18F2N4O. The number of rotatable bonds is 6. The molecule has 24 heavy (non-hydrogen) atoms. The van der Waals surface area contributed by atoms with Crippen LogP contribution in [0.25, 0.3) is 0 Å². The summed E-state index contributed by atoms with van der Waals surface area (Å²) in [5.41, 5.74) is 0.0522. The van der Waals surface area contributed by atoms with E-state index in [4.69, 9.17) is 0 Å². The third-order valence-corrected chi connectivity index (χ3v) is 3.84. The average molecular weight is 332 g/mol. The predicted molar refractivity (Wildman–Crippen MR) is 84.0 cm³/mol. The van der Waals surface area contributed by atoms with Crippen LogP contribution in [0.5, 0.6) is 0 Å². The first kappa shape index (κ1) is 17.6. The summed E-state index contributed by atoms with van der Waals surface area (Å²) in [6.07, 6.45) is 3.45. The Morgan fingerprint density at radius 2 is 2.04 bits per heavy atom. The molecule has 0 spiro atoms. The molecule has 2 aromatic rings. The molecule has 0 bridgehead atoms. The molecule has 1 N–H and O–H groups in total. The number of halogens is 2. The lowest BCUT2D eigenvalue weighted by Crippen LogP contribution is -2.29. The second-order valence-corrected chi connectivity index (χ2v) is 5.35.